The number of aryl methyl sites for hydroxylation is 1. The highest BCUT2D eigenvalue weighted by molar-refractivity contribution is 7.90. The van der Waals surface area contributed by atoms with Gasteiger partial charge in [0, 0.05) is 5.56 Å². The van der Waals surface area contributed by atoms with E-state index >= 15 is 0 Å². The molecule has 0 saturated heterocycles. The van der Waals surface area contributed by atoms with E-state index < -0.39 is 10.0 Å². The molecule has 0 fully saturated rings. The van der Waals surface area contributed by atoms with Crippen LogP contribution in [0.3, 0.4) is 0 Å². The molecule has 0 radical (unpaired) electrons. The molecule has 0 aliphatic rings. The SMILES string of the molecule is C/C(=C\C(=NS(=O)(=O)c1ccc(C)cc1)c1ccc2ccccc2c1)c1ccc2ccccc2c1. The Bertz CT molecular complexity index is 1710. The molecule has 3 nitrogen and oxygen atoms in total. The molecule has 0 aromatic heterocycles. The summed E-state index contributed by atoms with van der Waals surface area (Å²) in [6.45, 7) is 3.91. The van der Waals surface area contributed by atoms with Gasteiger partial charge in [0.25, 0.3) is 10.0 Å². The zero-order chi connectivity index (χ0) is 24.4. The Morgan fingerprint density at radius 2 is 1.17 bits per heavy atom. The van der Waals surface area contributed by atoms with Crippen LogP contribution in [0, 0.1) is 6.92 Å². The van der Waals surface area contributed by atoms with Crippen LogP contribution in [0.4, 0.5) is 0 Å². The predicted molar refractivity (Wildman–Crippen MR) is 146 cm³/mol. The molecule has 0 aliphatic heterocycles. The molecule has 5 aromatic rings. The number of rotatable bonds is 5. The Balaban J connectivity index is 1.66. The lowest BCUT2D eigenvalue weighted by molar-refractivity contribution is 0.598. The first-order valence-corrected chi connectivity index (χ1v) is 12.9. The van der Waals surface area contributed by atoms with Crippen LogP contribution in [0.25, 0.3) is 27.1 Å². The van der Waals surface area contributed by atoms with Crippen LogP contribution in [0.2, 0.25) is 0 Å². The minimum atomic E-state index is -3.90. The van der Waals surface area contributed by atoms with Crippen LogP contribution in [0.1, 0.15) is 23.6 Å². The molecule has 0 unspecified atom stereocenters. The molecule has 0 aliphatic carbocycles. The van der Waals surface area contributed by atoms with Crippen molar-refractivity contribution in [1.29, 1.82) is 0 Å². The molecule has 5 aromatic carbocycles. The molecule has 5 rings (SSSR count). The van der Waals surface area contributed by atoms with Gasteiger partial charge in [-0.2, -0.15) is 12.8 Å². The normalized spacial score (nSPS) is 12.9. The summed E-state index contributed by atoms with van der Waals surface area (Å²) in [6.07, 6.45) is 1.86. The highest BCUT2D eigenvalue weighted by Crippen LogP contribution is 2.24. The van der Waals surface area contributed by atoms with E-state index in [2.05, 4.69) is 34.7 Å². The van der Waals surface area contributed by atoms with E-state index in [1.807, 2.05) is 74.5 Å². The maximum absolute atomic E-state index is 13.3. The van der Waals surface area contributed by atoms with Crippen molar-refractivity contribution in [2.75, 3.05) is 0 Å². The number of allylic oxidation sites excluding steroid dienone is 2. The molecule has 0 amide bonds. The molecule has 0 atom stereocenters. The van der Waals surface area contributed by atoms with E-state index in [9.17, 15) is 8.42 Å². The van der Waals surface area contributed by atoms with Gasteiger partial charge in [0.15, 0.2) is 0 Å². The van der Waals surface area contributed by atoms with Gasteiger partial charge in [-0.15, -0.1) is 0 Å². The zero-order valence-electron chi connectivity index (χ0n) is 19.6. The highest BCUT2D eigenvalue weighted by Gasteiger charge is 2.15. The first kappa shape index (κ1) is 22.8. The minimum absolute atomic E-state index is 0.179. The smallest absolute Gasteiger partial charge is 0.199 e. The minimum Gasteiger partial charge on any atom is -0.199 e. The molecule has 172 valence electrons. The van der Waals surface area contributed by atoms with Crippen LogP contribution in [0.5, 0.6) is 0 Å². The van der Waals surface area contributed by atoms with Crippen molar-refractivity contribution in [3.05, 3.63) is 132 Å². The Kier molecular flexibility index (Phi) is 6.06. The lowest BCUT2D eigenvalue weighted by atomic mass is 9.98. The summed E-state index contributed by atoms with van der Waals surface area (Å²) in [7, 11) is -3.90. The lowest BCUT2D eigenvalue weighted by Gasteiger charge is -2.09. The van der Waals surface area contributed by atoms with E-state index in [1.165, 1.54) is 0 Å². The van der Waals surface area contributed by atoms with E-state index in [0.29, 0.717) is 5.71 Å². The van der Waals surface area contributed by atoms with Crippen LogP contribution in [0.15, 0.2) is 125 Å². The van der Waals surface area contributed by atoms with Gasteiger partial charge in [-0.25, -0.2) is 0 Å². The van der Waals surface area contributed by atoms with Gasteiger partial charge in [0.2, 0.25) is 0 Å². The number of hydrogen-bond acceptors (Lipinski definition) is 2. The molecule has 0 heterocycles. The van der Waals surface area contributed by atoms with Crippen molar-refractivity contribution in [3.8, 4) is 0 Å². The van der Waals surface area contributed by atoms with Crippen molar-refractivity contribution in [1.82, 2.24) is 0 Å². The molecule has 4 heteroatoms. The van der Waals surface area contributed by atoms with Gasteiger partial charge < -0.3 is 0 Å². The number of hydrogen-bond donors (Lipinski definition) is 0. The fourth-order valence-corrected chi connectivity index (χ4v) is 5.13. The summed E-state index contributed by atoms with van der Waals surface area (Å²) < 4.78 is 30.9. The fourth-order valence-electron chi connectivity index (χ4n) is 4.13. The molecule has 35 heavy (non-hydrogen) atoms. The summed E-state index contributed by atoms with van der Waals surface area (Å²) in [5.41, 5.74) is 4.10. The van der Waals surface area contributed by atoms with E-state index in [1.54, 1.807) is 24.3 Å². The van der Waals surface area contributed by atoms with Crippen molar-refractivity contribution in [2.24, 2.45) is 4.40 Å². The van der Waals surface area contributed by atoms with E-state index in [-0.39, 0.29) is 4.90 Å². The fraction of sp³-hybridized carbons (Fsp3) is 0.0645. The predicted octanol–water partition coefficient (Wildman–Crippen LogP) is 7.58. The number of fused-ring (bicyclic) bond motifs is 2. The maximum atomic E-state index is 13.3. The van der Waals surface area contributed by atoms with Crippen LogP contribution >= 0.6 is 0 Å². The summed E-state index contributed by atoms with van der Waals surface area (Å²) in [5, 5.41) is 4.41. The topological polar surface area (TPSA) is 46.5 Å². The van der Waals surface area contributed by atoms with Gasteiger partial charge in [0.05, 0.1) is 10.6 Å². The Labute approximate surface area is 206 Å². The average molecular weight is 476 g/mol. The van der Waals surface area contributed by atoms with E-state index in [0.717, 1.165) is 43.8 Å². The Hall–Kier alpha value is -4.02. The van der Waals surface area contributed by atoms with Crippen molar-refractivity contribution in [2.45, 2.75) is 18.7 Å². The monoisotopic (exact) mass is 475 g/mol. The van der Waals surface area contributed by atoms with Gasteiger partial charge >= 0.3 is 0 Å². The third-order valence-electron chi connectivity index (χ3n) is 6.14. The summed E-state index contributed by atoms with van der Waals surface area (Å²) in [5.74, 6) is 0. The molecule has 0 saturated carbocycles. The number of benzene rings is 5. The summed E-state index contributed by atoms with van der Waals surface area (Å²) in [4.78, 5) is 0.179. The second-order valence-electron chi connectivity index (χ2n) is 8.72. The Morgan fingerprint density at radius 1 is 0.657 bits per heavy atom. The first-order chi connectivity index (χ1) is 16.9. The maximum Gasteiger partial charge on any atom is 0.282 e. The van der Waals surface area contributed by atoms with Crippen LogP contribution in [-0.2, 0) is 10.0 Å². The van der Waals surface area contributed by atoms with Gasteiger partial charge in [-0.3, -0.25) is 0 Å². The Morgan fingerprint density at radius 3 is 1.77 bits per heavy atom. The highest BCUT2D eigenvalue weighted by atomic mass is 32.2. The summed E-state index contributed by atoms with van der Waals surface area (Å²) in [6, 6.07) is 35.2. The van der Waals surface area contributed by atoms with Gasteiger partial charge in [-0.05, 0) is 76.9 Å². The zero-order valence-corrected chi connectivity index (χ0v) is 20.5. The summed E-state index contributed by atoms with van der Waals surface area (Å²) >= 11 is 0. The quantitative estimate of drug-likeness (QED) is 0.246. The third kappa shape index (κ3) is 4.93. The molecular weight excluding hydrogens is 450 g/mol. The standard InChI is InChI=1S/C31H25NO2S/c1-22-11-17-30(18-12-22)35(33,34)32-31(29-16-14-25-8-4-6-10-28(25)21-29)19-23(2)26-15-13-24-7-3-5-9-27(24)20-26/h3-21H,1-2H3/b23-19+,32-31?. The van der Waals surface area contributed by atoms with Gasteiger partial charge in [-0.1, -0.05) is 90.5 Å². The molecule has 0 spiro atoms. The van der Waals surface area contributed by atoms with E-state index in [4.69, 9.17) is 0 Å². The first-order valence-electron chi connectivity index (χ1n) is 11.5. The number of nitrogens with zero attached hydrogens (tertiary/aromatic N) is 1. The average Bonchev–Trinajstić information content (AvgIpc) is 2.88. The van der Waals surface area contributed by atoms with Crippen molar-refractivity contribution >= 4 is 42.9 Å². The third-order valence-corrected chi connectivity index (χ3v) is 7.45. The molecule has 0 bridgehead atoms. The largest absolute Gasteiger partial charge is 0.282 e. The van der Waals surface area contributed by atoms with Crippen molar-refractivity contribution in [3.63, 3.8) is 0 Å². The van der Waals surface area contributed by atoms with Crippen LogP contribution in [-0.4, -0.2) is 14.1 Å². The second-order valence-corrected chi connectivity index (χ2v) is 10.3. The molecule has 0 N–H and O–H groups in total. The second kappa shape index (κ2) is 9.32. The van der Waals surface area contributed by atoms with Gasteiger partial charge in [0.1, 0.15) is 0 Å². The number of sulfonamides is 1. The molecular formula is C31H25NO2S. The van der Waals surface area contributed by atoms with Crippen molar-refractivity contribution < 1.29 is 8.42 Å². The lowest BCUT2D eigenvalue weighted by Crippen LogP contribution is -2.05. The van der Waals surface area contributed by atoms with Crippen LogP contribution < -0.4 is 0 Å².